The summed E-state index contributed by atoms with van der Waals surface area (Å²) in [7, 11) is 1.54. The number of amides is 1. The molecule has 0 spiro atoms. The molecule has 0 atom stereocenters. The van der Waals surface area contributed by atoms with Crippen LogP contribution < -0.4 is 14.8 Å². The number of methoxy groups -OCH3 is 1. The van der Waals surface area contributed by atoms with Crippen LogP contribution in [0.15, 0.2) is 48.5 Å². The van der Waals surface area contributed by atoms with Gasteiger partial charge >= 0.3 is 0 Å². The number of anilines is 1. The lowest BCUT2D eigenvalue weighted by atomic mass is 10.2. The Kier molecular flexibility index (Phi) is 4.93. The number of nitrogens with one attached hydrogen (secondary N) is 1. The molecular formula is C16H15NO4. The maximum Gasteiger partial charge on any atom is 0.262 e. The number of hydrogen-bond donors (Lipinski definition) is 1. The smallest absolute Gasteiger partial charge is 0.262 e. The summed E-state index contributed by atoms with van der Waals surface area (Å²) >= 11 is 0. The summed E-state index contributed by atoms with van der Waals surface area (Å²) < 4.78 is 10.5. The van der Waals surface area contributed by atoms with Gasteiger partial charge in [-0.2, -0.15) is 0 Å². The summed E-state index contributed by atoms with van der Waals surface area (Å²) in [5.41, 5.74) is 1.14. The van der Waals surface area contributed by atoms with Gasteiger partial charge in [-0.1, -0.05) is 12.1 Å². The van der Waals surface area contributed by atoms with Crippen LogP contribution in [-0.4, -0.2) is 25.9 Å². The first-order valence-electron chi connectivity index (χ1n) is 6.34. The molecule has 0 saturated heterocycles. The van der Waals surface area contributed by atoms with E-state index in [1.165, 1.54) is 7.11 Å². The van der Waals surface area contributed by atoms with Gasteiger partial charge in [0.05, 0.1) is 12.8 Å². The predicted molar refractivity (Wildman–Crippen MR) is 78.9 cm³/mol. The molecule has 2 aromatic rings. The van der Waals surface area contributed by atoms with Gasteiger partial charge in [0.15, 0.2) is 6.61 Å². The molecule has 0 fully saturated rings. The van der Waals surface area contributed by atoms with E-state index in [-0.39, 0.29) is 12.5 Å². The fourth-order valence-electron chi connectivity index (χ4n) is 1.73. The first-order valence-corrected chi connectivity index (χ1v) is 6.34. The SMILES string of the molecule is COc1ccccc1NC(=O)COc1ccc(C=O)cc1. The summed E-state index contributed by atoms with van der Waals surface area (Å²) in [6.45, 7) is -0.127. The van der Waals surface area contributed by atoms with Crippen molar-refractivity contribution in [2.75, 3.05) is 19.0 Å². The standard InChI is InChI=1S/C16H15NO4/c1-20-15-5-3-2-4-14(15)17-16(19)11-21-13-8-6-12(10-18)7-9-13/h2-10H,11H2,1H3,(H,17,19). The van der Waals surface area contributed by atoms with Crippen LogP contribution in [0.2, 0.25) is 0 Å². The number of ether oxygens (including phenoxy) is 2. The zero-order valence-corrected chi connectivity index (χ0v) is 11.5. The molecule has 108 valence electrons. The lowest BCUT2D eigenvalue weighted by Crippen LogP contribution is -2.20. The summed E-state index contributed by atoms with van der Waals surface area (Å²) in [5.74, 6) is 0.816. The van der Waals surface area contributed by atoms with Crippen molar-refractivity contribution in [1.82, 2.24) is 0 Å². The molecule has 0 aromatic heterocycles. The van der Waals surface area contributed by atoms with Crippen molar-refractivity contribution in [2.45, 2.75) is 0 Å². The van der Waals surface area contributed by atoms with Gasteiger partial charge in [-0.05, 0) is 36.4 Å². The minimum absolute atomic E-state index is 0.127. The van der Waals surface area contributed by atoms with Crippen molar-refractivity contribution in [3.63, 3.8) is 0 Å². The first kappa shape index (κ1) is 14.6. The van der Waals surface area contributed by atoms with Gasteiger partial charge in [0.2, 0.25) is 0 Å². The highest BCUT2D eigenvalue weighted by Gasteiger charge is 2.07. The number of benzene rings is 2. The molecule has 0 aliphatic rings. The second kappa shape index (κ2) is 7.09. The third-order valence-electron chi connectivity index (χ3n) is 2.77. The van der Waals surface area contributed by atoms with Crippen molar-refractivity contribution in [3.05, 3.63) is 54.1 Å². The van der Waals surface area contributed by atoms with E-state index in [0.717, 1.165) is 6.29 Å². The lowest BCUT2D eigenvalue weighted by Gasteiger charge is -2.10. The Morgan fingerprint density at radius 1 is 1.14 bits per heavy atom. The zero-order valence-electron chi connectivity index (χ0n) is 11.5. The summed E-state index contributed by atoms with van der Waals surface area (Å²) in [5, 5.41) is 2.71. The Bertz CT molecular complexity index is 622. The maximum absolute atomic E-state index is 11.8. The largest absolute Gasteiger partial charge is 0.495 e. The summed E-state index contributed by atoms with van der Waals surface area (Å²) in [6, 6.07) is 13.7. The number of aldehydes is 1. The van der Waals surface area contributed by atoms with Crippen molar-refractivity contribution in [2.24, 2.45) is 0 Å². The number of carbonyl (C=O) groups excluding carboxylic acids is 2. The molecule has 2 aromatic carbocycles. The fourth-order valence-corrected chi connectivity index (χ4v) is 1.73. The highest BCUT2D eigenvalue weighted by atomic mass is 16.5. The second-order valence-corrected chi connectivity index (χ2v) is 4.22. The molecule has 0 aliphatic heterocycles. The topological polar surface area (TPSA) is 64.6 Å². The molecular weight excluding hydrogens is 270 g/mol. The third kappa shape index (κ3) is 4.07. The number of rotatable bonds is 6. The van der Waals surface area contributed by atoms with Crippen molar-refractivity contribution < 1.29 is 19.1 Å². The van der Waals surface area contributed by atoms with E-state index in [4.69, 9.17) is 9.47 Å². The Morgan fingerprint density at radius 3 is 2.52 bits per heavy atom. The molecule has 21 heavy (non-hydrogen) atoms. The molecule has 0 unspecified atom stereocenters. The Morgan fingerprint density at radius 2 is 1.86 bits per heavy atom. The quantitative estimate of drug-likeness (QED) is 0.828. The van der Waals surface area contributed by atoms with Crippen LogP contribution in [-0.2, 0) is 4.79 Å². The average Bonchev–Trinajstić information content (AvgIpc) is 2.54. The van der Waals surface area contributed by atoms with Crippen molar-refractivity contribution in [1.29, 1.82) is 0 Å². The van der Waals surface area contributed by atoms with Crippen molar-refractivity contribution >= 4 is 17.9 Å². The molecule has 5 nitrogen and oxygen atoms in total. The Balaban J connectivity index is 1.91. The first-order chi connectivity index (χ1) is 10.2. The minimum Gasteiger partial charge on any atom is -0.495 e. The molecule has 0 aliphatic carbocycles. The van der Waals surface area contributed by atoms with E-state index >= 15 is 0 Å². The number of carbonyl (C=O) groups is 2. The van der Waals surface area contributed by atoms with Gasteiger partial charge in [0.1, 0.15) is 17.8 Å². The van der Waals surface area contributed by atoms with Crippen LogP contribution in [0, 0.1) is 0 Å². The van der Waals surface area contributed by atoms with E-state index in [1.807, 2.05) is 6.07 Å². The van der Waals surface area contributed by atoms with Crippen LogP contribution >= 0.6 is 0 Å². The Labute approximate surface area is 122 Å². The highest BCUT2D eigenvalue weighted by molar-refractivity contribution is 5.93. The van der Waals surface area contributed by atoms with Gasteiger partial charge in [-0.3, -0.25) is 9.59 Å². The lowest BCUT2D eigenvalue weighted by molar-refractivity contribution is -0.118. The van der Waals surface area contributed by atoms with Crippen molar-refractivity contribution in [3.8, 4) is 11.5 Å². The minimum atomic E-state index is -0.293. The summed E-state index contributed by atoms with van der Waals surface area (Å²) in [6.07, 6.45) is 0.748. The molecule has 0 bridgehead atoms. The van der Waals surface area contributed by atoms with Crippen LogP contribution in [0.4, 0.5) is 5.69 Å². The monoisotopic (exact) mass is 285 g/mol. The van der Waals surface area contributed by atoms with Gasteiger partial charge in [-0.15, -0.1) is 0 Å². The van der Waals surface area contributed by atoms with Crippen LogP contribution in [0.1, 0.15) is 10.4 Å². The molecule has 0 heterocycles. The van der Waals surface area contributed by atoms with E-state index in [2.05, 4.69) is 5.32 Å². The molecule has 1 amide bonds. The second-order valence-electron chi connectivity index (χ2n) is 4.22. The molecule has 0 radical (unpaired) electrons. The number of para-hydroxylation sites is 2. The van der Waals surface area contributed by atoms with E-state index in [1.54, 1.807) is 42.5 Å². The zero-order chi connectivity index (χ0) is 15.1. The summed E-state index contributed by atoms with van der Waals surface area (Å²) in [4.78, 5) is 22.4. The van der Waals surface area contributed by atoms with Gasteiger partial charge in [0, 0.05) is 5.56 Å². The van der Waals surface area contributed by atoms with E-state index in [9.17, 15) is 9.59 Å². The van der Waals surface area contributed by atoms with E-state index < -0.39 is 0 Å². The third-order valence-corrected chi connectivity index (χ3v) is 2.77. The molecule has 0 saturated carbocycles. The normalized spacial score (nSPS) is 9.76. The average molecular weight is 285 g/mol. The van der Waals surface area contributed by atoms with Gasteiger partial charge < -0.3 is 14.8 Å². The highest BCUT2D eigenvalue weighted by Crippen LogP contribution is 2.22. The van der Waals surface area contributed by atoms with Gasteiger partial charge in [-0.25, -0.2) is 0 Å². The predicted octanol–water partition coefficient (Wildman–Crippen LogP) is 2.53. The van der Waals surface area contributed by atoms with Crippen LogP contribution in [0.5, 0.6) is 11.5 Å². The number of hydrogen-bond acceptors (Lipinski definition) is 4. The fraction of sp³-hybridized carbons (Fsp3) is 0.125. The van der Waals surface area contributed by atoms with Crippen LogP contribution in [0.3, 0.4) is 0 Å². The molecule has 5 heteroatoms. The Hall–Kier alpha value is -2.82. The maximum atomic E-state index is 11.8. The van der Waals surface area contributed by atoms with Gasteiger partial charge in [0.25, 0.3) is 5.91 Å². The van der Waals surface area contributed by atoms with Crippen LogP contribution in [0.25, 0.3) is 0 Å². The van der Waals surface area contributed by atoms with E-state index in [0.29, 0.717) is 22.7 Å². The molecule has 1 N–H and O–H groups in total. The molecule has 2 rings (SSSR count).